The van der Waals surface area contributed by atoms with Crippen LogP contribution in [0, 0.1) is 0 Å². The first-order valence-electron chi connectivity index (χ1n) is 9.25. The van der Waals surface area contributed by atoms with Crippen LogP contribution in [0.2, 0.25) is 0 Å². The number of carbonyl (C=O) groups is 1. The molecule has 0 atom stereocenters. The molecule has 0 aliphatic rings. The Labute approximate surface area is 164 Å². The first-order valence-corrected chi connectivity index (χ1v) is 10.2. The predicted octanol–water partition coefficient (Wildman–Crippen LogP) is 4.03. The average molecular weight is 384 g/mol. The molecule has 0 saturated heterocycles. The number of nitrogens with one attached hydrogen (secondary N) is 1. The smallest absolute Gasteiger partial charge is 0.234 e. The second kappa shape index (κ2) is 8.90. The Bertz CT molecular complexity index is 902. The van der Waals surface area contributed by atoms with Crippen LogP contribution in [0.3, 0.4) is 0 Å². The van der Waals surface area contributed by atoms with Crippen molar-refractivity contribution in [3.63, 3.8) is 0 Å². The molecule has 2 heterocycles. The van der Waals surface area contributed by atoms with E-state index < -0.39 is 0 Å². The summed E-state index contributed by atoms with van der Waals surface area (Å²) in [6.07, 6.45) is 1.71. The number of pyridine rings is 1. The lowest BCUT2D eigenvalue weighted by molar-refractivity contribution is -0.113. The molecule has 0 aliphatic carbocycles. The van der Waals surface area contributed by atoms with Crippen LogP contribution in [0.25, 0.3) is 11.0 Å². The SMILES string of the molecule is CCN(CC)c1ccc(NC(=O)CSc2nc3ccccc3n2CC)cn1. The van der Waals surface area contributed by atoms with Crippen molar-refractivity contribution in [1.29, 1.82) is 0 Å². The number of nitrogens with zero attached hydrogens (tertiary/aromatic N) is 4. The highest BCUT2D eigenvalue weighted by Gasteiger charge is 2.12. The molecule has 0 saturated carbocycles. The minimum Gasteiger partial charge on any atom is -0.357 e. The predicted molar refractivity (Wildman–Crippen MR) is 113 cm³/mol. The number of aromatic nitrogens is 3. The van der Waals surface area contributed by atoms with E-state index in [-0.39, 0.29) is 5.91 Å². The summed E-state index contributed by atoms with van der Waals surface area (Å²) in [6, 6.07) is 11.9. The average Bonchev–Trinajstić information content (AvgIpc) is 3.06. The minimum atomic E-state index is -0.0629. The maximum absolute atomic E-state index is 12.3. The number of imidazole rings is 1. The number of fused-ring (bicyclic) bond motifs is 1. The van der Waals surface area contributed by atoms with Gasteiger partial charge in [0.15, 0.2) is 5.16 Å². The van der Waals surface area contributed by atoms with Crippen molar-refractivity contribution in [3.8, 4) is 0 Å². The molecular formula is C20H25N5OS. The molecule has 3 aromatic rings. The fraction of sp³-hybridized carbons (Fsp3) is 0.350. The van der Waals surface area contributed by atoms with Crippen LogP contribution in [0.4, 0.5) is 11.5 Å². The van der Waals surface area contributed by atoms with E-state index in [4.69, 9.17) is 0 Å². The summed E-state index contributed by atoms with van der Waals surface area (Å²) >= 11 is 1.45. The minimum absolute atomic E-state index is 0.0629. The molecule has 0 radical (unpaired) electrons. The highest BCUT2D eigenvalue weighted by molar-refractivity contribution is 7.99. The number of hydrogen-bond donors (Lipinski definition) is 1. The van der Waals surface area contributed by atoms with Gasteiger partial charge in [-0.2, -0.15) is 0 Å². The monoisotopic (exact) mass is 383 g/mol. The van der Waals surface area contributed by atoms with Gasteiger partial charge in [-0.1, -0.05) is 23.9 Å². The zero-order valence-corrected chi connectivity index (χ0v) is 16.8. The van der Waals surface area contributed by atoms with Gasteiger partial charge in [-0.25, -0.2) is 9.97 Å². The number of hydrogen-bond acceptors (Lipinski definition) is 5. The van der Waals surface area contributed by atoms with Gasteiger partial charge in [-0.3, -0.25) is 4.79 Å². The molecule has 1 amide bonds. The number of anilines is 2. The van der Waals surface area contributed by atoms with Gasteiger partial charge in [0.2, 0.25) is 5.91 Å². The Morgan fingerprint density at radius 3 is 2.59 bits per heavy atom. The molecule has 2 aromatic heterocycles. The summed E-state index contributed by atoms with van der Waals surface area (Å²) < 4.78 is 2.13. The summed E-state index contributed by atoms with van der Waals surface area (Å²) in [6.45, 7) is 8.92. The molecule has 0 fully saturated rings. The van der Waals surface area contributed by atoms with E-state index in [1.165, 1.54) is 11.8 Å². The van der Waals surface area contributed by atoms with E-state index in [0.29, 0.717) is 11.4 Å². The molecule has 3 rings (SSSR count). The first-order chi connectivity index (χ1) is 13.2. The molecule has 1 aromatic carbocycles. The van der Waals surface area contributed by atoms with E-state index in [1.807, 2.05) is 30.3 Å². The van der Waals surface area contributed by atoms with Gasteiger partial charge in [-0.15, -0.1) is 0 Å². The van der Waals surface area contributed by atoms with Gasteiger partial charge in [0.05, 0.1) is 28.7 Å². The molecule has 1 N–H and O–H groups in total. The van der Waals surface area contributed by atoms with Crippen molar-refractivity contribution in [3.05, 3.63) is 42.6 Å². The lowest BCUT2D eigenvalue weighted by Crippen LogP contribution is -2.23. The van der Waals surface area contributed by atoms with Crippen molar-refractivity contribution in [2.75, 3.05) is 29.1 Å². The van der Waals surface area contributed by atoms with Crippen molar-refractivity contribution in [1.82, 2.24) is 14.5 Å². The number of carbonyl (C=O) groups excluding carboxylic acids is 1. The summed E-state index contributed by atoms with van der Waals surface area (Å²) in [4.78, 5) is 23.6. The van der Waals surface area contributed by atoms with Gasteiger partial charge in [-0.05, 0) is 45.0 Å². The van der Waals surface area contributed by atoms with Crippen LogP contribution in [-0.4, -0.2) is 39.3 Å². The first kappa shape index (κ1) is 19.2. The Morgan fingerprint density at radius 2 is 1.93 bits per heavy atom. The van der Waals surface area contributed by atoms with E-state index in [1.54, 1.807) is 6.20 Å². The highest BCUT2D eigenvalue weighted by Crippen LogP contribution is 2.24. The standard InChI is InChI=1S/C20H25N5OS/c1-4-24(5-2)18-12-11-15(13-21-18)22-19(26)14-27-20-23-16-9-7-8-10-17(16)25(20)6-3/h7-13H,4-6,14H2,1-3H3,(H,22,26). The summed E-state index contributed by atoms with van der Waals surface area (Å²) in [5, 5.41) is 3.77. The Hall–Kier alpha value is -2.54. The van der Waals surface area contributed by atoms with Crippen molar-refractivity contribution in [2.24, 2.45) is 0 Å². The maximum Gasteiger partial charge on any atom is 0.234 e. The van der Waals surface area contributed by atoms with Gasteiger partial charge in [0.1, 0.15) is 5.82 Å². The van der Waals surface area contributed by atoms with E-state index >= 15 is 0 Å². The molecule has 0 bridgehead atoms. The number of amides is 1. The lowest BCUT2D eigenvalue weighted by atomic mass is 10.3. The molecule has 142 valence electrons. The fourth-order valence-electron chi connectivity index (χ4n) is 2.99. The summed E-state index contributed by atoms with van der Waals surface area (Å²) in [5.74, 6) is 1.16. The number of rotatable bonds is 8. The van der Waals surface area contributed by atoms with Gasteiger partial charge >= 0.3 is 0 Å². The largest absolute Gasteiger partial charge is 0.357 e. The van der Waals surface area contributed by atoms with Crippen LogP contribution in [0.5, 0.6) is 0 Å². The summed E-state index contributed by atoms with van der Waals surface area (Å²) in [5.41, 5.74) is 2.76. The Morgan fingerprint density at radius 1 is 1.15 bits per heavy atom. The maximum atomic E-state index is 12.3. The van der Waals surface area contributed by atoms with Crippen LogP contribution in [0.1, 0.15) is 20.8 Å². The lowest BCUT2D eigenvalue weighted by Gasteiger charge is -2.19. The molecule has 7 heteroatoms. The molecule has 27 heavy (non-hydrogen) atoms. The zero-order chi connectivity index (χ0) is 19.2. The summed E-state index contributed by atoms with van der Waals surface area (Å²) in [7, 11) is 0. The normalized spacial score (nSPS) is 10.9. The van der Waals surface area contributed by atoms with Crippen LogP contribution in [-0.2, 0) is 11.3 Å². The zero-order valence-electron chi connectivity index (χ0n) is 16.0. The third-order valence-corrected chi connectivity index (χ3v) is 5.36. The number of thioether (sulfide) groups is 1. The Balaban J connectivity index is 1.62. The van der Waals surface area contributed by atoms with E-state index in [0.717, 1.165) is 41.6 Å². The Kier molecular flexibility index (Phi) is 6.34. The van der Waals surface area contributed by atoms with Crippen LogP contribution in [0.15, 0.2) is 47.8 Å². The third-order valence-electron chi connectivity index (χ3n) is 4.39. The second-order valence-electron chi connectivity index (χ2n) is 6.04. The van der Waals surface area contributed by atoms with E-state index in [9.17, 15) is 4.79 Å². The molecule has 0 spiro atoms. The van der Waals surface area contributed by atoms with E-state index in [2.05, 4.69) is 51.6 Å². The van der Waals surface area contributed by atoms with Crippen molar-refractivity contribution < 1.29 is 4.79 Å². The highest BCUT2D eigenvalue weighted by atomic mass is 32.2. The quantitative estimate of drug-likeness (QED) is 0.595. The van der Waals surface area contributed by atoms with Crippen LogP contribution >= 0.6 is 11.8 Å². The van der Waals surface area contributed by atoms with Gasteiger partial charge in [0, 0.05) is 19.6 Å². The number of benzene rings is 1. The van der Waals surface area contributed by atoms with Gasteiger partial charge < -0.3 is 14.8 Å². The molecular weight excluding hydrogens is 358 g/mol. The fourth-order valence-corrected chi connectivity index (χ4v) is 3.87. The molecule has 0 unspecified atom stereocenters. The topological polar surface area (TPSA) is 63.1 Å². The van der Waals surface area contributed by atoms with Crippen LogP contribution < -0.4 is 10.2 Å². The number of aryl methyl sites for hydroxylation is 1. The van der Waals surface area contributed by atoms with Crippen molar-refractivity contribution >= 4 is 40.2 Å². The van der Waals surface area contributed by atoms with Gasteiger partial charge in [0.25, 0.3) is 0 Å². The third kappa shape index (κ3) is 4.42. The molecule has 6 nitrogen and oxygen atoms in total. The van der Waals surface area contributed by atoms with Crippen molar-refractivity contribution in [2.45, 2.75) is 32.5 Å². The molecule has 0 aliphatic heterocycles. The second-order valence-corrected chi connectivity index (χ2v) is 6.98. The number of para-hydroxylation sites is 2.